The topological polar surface area (TPSA) is 83.9 Å². The molecule has 1 N–H and O–H groups in total. The van der Waals surface area contributed by atoms with E-state index < -0.39 is 52.3 Å². The number of hydrogen-bond acceptors (Lipinski definition) is 4. The summed E-state index contributed by atoms with van der Waals surface area (Å²) >= 11 is 0. The van der Waals surface area contributed by atoms with E-state index in [4.69, 9.17) is 9.84 Å². The third-order valence-corrected chi connectivity index (χ3v) is 5.89. The minimum Gasteiger partial charge on any atom is -0.481 e. The van der Waals surface area contributed by atoms with Crippen LogP contribution in [0.25, 0.3) is 0 Å². The molecule has 6 nitrogen and oxygen atoms in total. The first kappa shape index (κ1) is 18.2. The maximum atomic E-state index is 12.8. The molecule has 0 aliphatic carbocycles. The predicted octanol–water partition coefficient (Wildman–Crippen LogP) is 0.936. The summed E-state index contributed by atoms with van der Waals surface area (Å²) in [6.45, 7) is 0.0175. The molecule has 3 atom stereocenters. The Morgan fingerprint density at radius 2 is 2.00 bits per heavy atom. The van der Waals surface area contributed by atoms with Crippen LogP contribution in [0.15, 0.2) is 0 Å². The fourth-order valence-corrected chi connectivity index (χ4v) is 3.88. The minimum absolute atomic E-state index is 0.129. The standard InChI is InChI=1S/C11H18F3NO5S/c1-7(3-4-20-2)21(18,19)15-5-8(10(16)17)9(6-15)11(12,13)14/h7-9H,3-6H2,1-2H3,(H,16,17)/t7?,8-,9-/m1/s1. The average molecular weight is 333 g/mol. The summed E-state index contributed by atoms with van der Waals surface area (Å²) in [5.41, 5.74) is 0. The second kappa shape index (κ2) is 6.49. The van der Waals surface area contributed by atoms with E-state index >= 15 is 0 Å². The summed E-state index contributed by atoms with van der Waals surface area (Å²) in [6, 6.07) is 0. The largest absolute Gasteiger partial charge is 0.481 e. The van der Waals surface area contributed by atoms with Crippen molar-refractivity contribution in [1.82, 2.24) is 4.31 Å². The molecule has 0 radical (unpaired) electrons. The number of carbonyl (C=O) groups is 1. The Labute approximate surface area is 120 Å². The zero-order chi connectivity index (χ0) is 16.4. The Balaban J connectivity index is 2.93. The van der Waals surface area contributed by atoms with Crippen LogP contribution >= 0.6 is 0 Å². The minimum atomic E-state index is -4.75. The van der Waals surface area contributed by atoms with E-state index in [1.54, 1.807) is 0 Å². The number of alkyl halides is 3. The van der Waals surface area contributed by atoms with Crippen molar-refractivity contribution >= 4 is 16.0 Å². The lowest BCUT2D eigenvalue weighted by molar-refractivity contribution is -0.187. The monoisotopic (exact) mass is 333 g/mol. The molecule has 0 spiro atoms. The summed E-state index contributed by atoms with van der Waals surface area (Å²) in [7, 11) is -2.60. The molecule has 0 bridgehead atoms. The fraction of sp³-hybridized carbons (Fsp3) is 0.909. The van der Waals surface area contributed by atoms with Crippen LogP contribution in [0.2, 0.25) is 0 Å². The fourth-order valence-electron chi connectivity index (χ4n) is 2.24. The molecule has 21 heavy (non-hydrogen) atoms. The van der Waals surface area contributed by atoms with Gasteiger partial charge in [-0.25, -0.2) is 12.7 Å². The molecule has 1 saturated heterocycles. The lowest BCUT2D eigenvalue weighted by Crippen LogP contribution is -2.37. The number of carboxylic acids is 1. The first-order chi connectivity index (χ1) is 9.51. The molecule has 0 saturated carbocycles. The van der Waals surface area contributed by atoms with E-state index in [0.717, 1.165) is 0 Å². The molecule has 1 heterocycles. The van der Waals surface area contributed by atoms with Gasteiger partial charge in [-0.1, -0.05) is 0 Å². The van der Waals surface area contributed by atoms with Gasteiger partial charge in [0.1, 0.15) is 0 Å². The molecule has 0 aromatic heterocycles. The van der Waals surface area contributed by atoms with Crippen LogP contribution in [0.5, 0.6) is 0 Å². The van der Waals surface area contributed by atoms with Gasteiger partial charge in [-0.05, 0) is 13.3 Å². The van der Waals surface area contributed by atoms with Crippen LogP contribution in [0.1, 0.15) is 13.3 Å². The Morgan fingerprint density at radius 1 is 1.43 bits per heavy atom. The molecule has 1 aliphatic heterocycles. The van der Waals surface area contributed by atoms with Gasteiger partial charge in [-0.3, -0.25) is 4.79 Å². The van der Waals surface area contributed by atoms with Crippen molar-refractivity contribution in [3.8, 4) is 0 Å². The summed E-state index contributed by atoms with van der Waals surface area (Å²) in [4.78, 5) is 10.9. The number of rotatable bonds is 6. The SMILES string of the molecule is COCCC(C)S(=O)(=O)N1C[C@@H](C(F)(F)F)[C@H](C(=O)O)C1. The van der Waals surface area contributed by atoms with Gasteiger partial charge in [0.15, 0.2) is 0 Å². The van der Waals surface area contributed by atoms with Crippen molar-refractivity contribution in [2.75, 3.05) is 26.8 Å². The highest BCUT2D eigenvalue weighted by atomic mass is 32.2. The zero-order valence-electron chi connectivity index (χ0n) is 11.6. The van der Waals surface area contributed by atoms with Crippen LogP contribution in [-0.2, 0) is 19.6 Å². The number of sulfonamides is 1. The smallest absolute Gasteiger partial charge is 0.393 e. The van der Waals surface area contributed by atoms with E-state index in [0.29, 0.717) is 4.31 Å². The molecule has 0 aromatic carbocycles. The first-order valence-corrected chi connectivity index (χ1v) is 7.79. The molecule has 1 fully saturated rings. The normalized spacial score (nSPS) is 26.0. The molecule has 0 aromatic rings. The Kier molecular flexibility index (Phi) is 5.62. The van der Waals surface area contributed by atoms with Gasteiger partial charge >= 0.3 is 12.1 Å². The molecule has 0 amide bonds. The van der Waals surface area contributed by atoms with E-state index in [9.17, 15) is 26.4 Å². The maximum Gasteiger partial charge on any atom is 0.393 e. The van der Waals surface area contributed by atoms with E-state index in [1.807, 2.05) is 0 Å². The maximum absolute atomic E-state index is 12.8. The Bertz CT molecular complexity index is 479. The molecule has 124 valence electrons. The lowest BCUT2D eigenvalue weighted by atomic mass is 9.96. The third-order valence-electron chi connectivity index (χ3n) is 3.62. The predicted molar refractivity (Wildman–Crippen MR) is 67.1 cm³/mol. The lowest BCUT2D eigenvalue weighted by Gasteiger charge is -2.21. The number of nitrogens with zero attached hydrogens (tertiary/aromatic N) is 1. The number of methoxy groups -OCH3 is 1. The Hall–Kier alpha value is -0.870. The van der Waals surface area contributed by atoms with E-state index in [1.165, 1.54) is 14.0 Å². The van der Waals surface area contributed by atoms with E-state index in [-0.39, 0.29) is 13.0 Å². The number of ether oxygens (including phenoxy) is 1. The third kappa shape index (κ3) is 4.07. The highest BCUT2D eigenvalue weighted by Crippen LogP contribution is 2.39. The van der Waals surface area contributed by atoms with Gasteiger partial charge in [0, 0.05) is 26.8 Å². The molecule has 1 aliphatic rings. The van der Waals surface area contributed by atoms with Crippen LogP contribution in [0.3, 0.4) is 0 Å². The Morgan fingerprint density at radius 3 is 2.38 bits per heavy atom. The van der Waals surface area contributed by atoms with Gasteiger partial charge in [-0.2, -0.15) is 13.2 Å². The summed E-state index contributed by atoms with van der Waals surface area (Å²) in [5, 5.41) is 7.94. The number of halogens is 3. The zero-order valence-corrected chi connectivity index (χ0v) is 12.4. The molecule has 10 heteroatoms. The molecule has 1 rings (SSSR count). The second-order valence-corrected chi connectivity index (χ2v) is 7.40. The highest BCUT2D eigenvalue weighted by Gasteiger charge is 2.55. The van der Waals surface area contributed by atoms with Gasteiger partial charge in [0.05, 0.1) is 17.1 Å². The molecule has 1 unspecified atom stereocenters. The van der Waals surface area contributed by atoms with Gasteiger partial charge in [-0.15, -0.1) is 0 Å². The van der Waals surface area contributed by atoms with Gasteiger partial charge < -0.3 is 9.84 Å². The van der Waals surface area contributed by atoms with Crippen molar-refractivity contribution in [1.29, 1.82) is 0 Å². The van der Waals surface area contributed by atoms with Crippen LogP contribution in [0, 0.1) is 11.8 Å². The summed E-state index contributed by atoms with van der Waals surface area (Å²) < 4.78 is 68.3. The first-order valence-electron chi connectivity index (χ1n) is 6.29. The van der Waals surface area contributed by atoms with E-state index in [2.05, 4.69) is 0 Å². The van der Waals surface area contributed by atoms with Crippen molar-refractivity contribution in [3.63, 3.8) is 0 Å². The van der Waals surface area contributed by atoms with Gasteiger partial charge in [0.2, 0.25) is 10.0 Å². The second-order valence-electron chi connectivity index (χ2n) is 5.05. The average Bonchev–Trinajstić information content (AvgIpc) is 2.81. The van der Waals surface area contributed by atoms with Gasteiger partial charge in [0.25, 0.3) is 0 Å². The number of aliphatic carboxylic acids is 1. The van der Waals surface area contributed by atoms with Crippen molar-refractivity contribution < 1.29 is 36.2 Å². The number of carboxylic acid groups (broad SMARTS) is 1. The van der Waals surface area contributed by atoms with Crippen molar-refractivity contribution in [3.05, 3.63) is 0 Å². The molecular weight excluding hydrogens is 315 g/mol. The quantitative estimate of drug-likeness (QED) is 0.782. The van der Waals surface area contributed by atoms with Crippen LogP contribution in [-0.4, -0.2) is 62.0 Å². The van der Waals surface area contributed by atoms with Crippen LogP contribution < -0.4 is 0 Å². The summed E-state index contributed by atoms with van der Waals surface area (Å²) in [5.74, 6) is -5.59. The number of hydrogen-bond donors (Lipinski definition) is 1. The highest BCUT2D eigenvalue weighted by molar-refractivity contribution is 7.89. The summed E-state index contributed by atoms with van der Waals surface area (Å²) in [6.07, 6.45) is -4.62. The molecular formula is C11H18F3NO5S. The van der Waals surface area contributed by atoms with Crippen molar-refractivity contribution in [2.45, 2.75) is 24.8 Å². The van der Waals surface area contributed by atoms with Crippen molar-refractivity contribution in [2.24, 2.45) is 11.8 Å². The van der Waals surface area contributed by atoms with Crippen LogP contribution in [0.4, 0.5) is 13.2 Å².